The van der Waals surface area contributed by atoms with Crippen molar-refractivity contribution in [3.8, 4) is 11.5 Å². The van der Waals surface area contributed by atoms with Crippen LogP contribution in [0.4, 0.5) is 0 Å². The zero-order valence-electron chi connectivity index (χ0n) is 14.6. The molecule has 0 atom stereocenters. The summed E-state index contributed by atoms with van der Waals surface area (Å²) >= 11 is 3.30. The normalized spacial score (nSPS) is 11.6. The van der Waals surface area contributed by atoms with Crippen molar-refractivity contribution in [2.24, 2.45) is 12.1 Å². The fourth-order valence-corrected chi connectivity index (χ4v) is 3.27. The number of aryl methyl sites for hydroxylation is 1. The summed E-state index contributed by atoms with van der Waals surface area (Å²) in [6.07, 6.45) is 0. The Kier molecular flexibility index (Phi) is 4.99. The zero-order chi connectivity index (χ0) is 18.8. The van der Waals surface area contributed by atoms with Gasteiger partial charge in [-0.05, 0) is 41.1 Å². The van der Waals surface area contributed by atoms with Crippen LogP contribution >= 0.6 is 15.9 Å². The number of hydrogen-bond donors (Lipinski definition) is 2. The van der Waals surface area contributed by atoms with Crippen LogP contribution in [-0.4, -0.2) is 28.4 Å². The number of carbonyl (C=O) groups excluding carboxylic acids is 1. The first-order valence-electron chi connectivity index (χ1n) is 7.88. The fourth-order valence-electron chi connectivity index (χ4n) is 2.77. The Morgan fingerprint density at radius 1 is 1.27 bits per heavy atom. The first kappa shape index (κ1) is 18.0. The molecular formula is C19H18BrN3O3. The van der Waals surface area contributed by atoms with Gasteiger partial charge in [0.05, 0.1) is 28.6 Å². The molecule has 0 radical (unpaired) electrons. The SMILES string of the molecule is COc1cc(O)c(C(=O)N/N=C(/C)c2cc3ccccc3n2C)cc1Br. The standard InChI is InChI=1S/C19H18BrN3O3/c1-11(16-8-12-6-4-5-7-15(12)23(16)2)21-22-19(25)13-9-14(20)18(26-3)10-17(13)24/h4-10,24H,1-3H3,(H,22,25)/b21-11-. The fraction of sp³-hybridized carbons (Fsp3) is 0.158. The van der Waals surface area contributed by atoms with Crippen LogP contribution in [0.5, 0.6) is 11.5 Å². The Morgan fingerprint density at radius 2 is 2.00 bits per heavy atom. The van der Waals surface area contributed by atoms with Crippen LogP contribution in [-0.2, 0) is 7.05 Å². The summed E-state index contributed by atoms with van der Waals surface area (Å²) in [5.41, 5.74) is 5.23. The zero-order valence-corrected chi connectivity index (χ0v) is 16.2. The topological polar surface area (TPSA) is 75.8 Å². The van der Waals surface area contributed by atoms with E-state index in [-0.39, 0.29) is 11.3 Å². The van der Waals surface area contributed by atoms with Gasteiger partial charge < -0.3 is 14.4 Å². The van der Waals surface area contributed by atoms with Crippen molar-refractivity contribution in [2.45, 2.75) is 6.92 Å². The lowest BCUT2D eigenvalue weighted by atomic mass is 10.2. The number of phenols is 1. The van der Waals surface area contributed by atoms with Crippen LogP contribution < -0.4 is 10.2 Å². The van der Waals surface area contributed by atoms with Gasteiger partial charge in [-0.15, -0.1) is 0 Å². The number of carbonyl (C=O) groups is 1. The number of hydrazone groups is 1. The molecule has 3 aromatic rings. The molecule has 2 N–H and O–H groups in total. The maximum atomic E-state index is 12.4. The Morgan fingerprint density at radius 3 is 2.69 bits per heavy atom. The van der Waals surface area contributed by atoms with Crippen LogP contribution in [0, 0.1) is 0 Å². The number of nitrogens with zero attached hydrogens (tertiary/aromatic N) is 2. The quantitative estimate of drug-likeness (QED) is 0.502. The van der Waals surface area contributed by atoms with Crippen molar-refractivity contribution >= 4 is 38.5 Å². The number of rotatable bonds is 4. The number of phenolic OH excluding ortho intramolecular Hbond substituents is 1. The number of methoxy groups -OCH3 is 1. The molecular weight excluding hydrogens is 398 g/mol. The van der Waals surface area contributed by atoms with Crippen LogP contribution in [0.1, 0.15) is 23.0 Å². The molecule has 0 saturated carbocycles. The average molecular weight is 416 g/mol. The van der Waals surface area contributed by atoms with E-state index in [9.17, 15) is 9.90 Å². The molecule has 0 unspecified atom stereocenters. The molecule has 3 rings (SSSR count). The van der Waals surface area contributed by atoms with Gasteiger partial charge in [-0.2, -0.15) is 5.10 Å². The average Bonchev–Trinajstić information content (AvgIpc) is 2.98. The third-order valence-electron chi connectivity index (χ3n) is 4.16. The van der Waals surface area contributed by atoms with E-state index in [1.807, 2.05) is 48.9 Å². The maximum absolute atomic E-state index is 12.4. The summed E-state index contributed by atoms with van der Waals surface area (Å²) in [7, 11) is 3.43. The number of benzene rings is 2. The summed E-state index contributed by atoms with van der Waals surface area (Å²) < 4.78 is 7.67. The van der Waals surface area contributed by atoms with Crippen LogP contribution in [0.2, 0.25) is 0 Å². The van der Waals surface area contributed by atoms with Gasteiger partial charge in [-0.25, -0.2) is 5.43 Å². The second-order valence-electron chi connectivity index (χ2n) is 5.79. The lowest BCUT2D eigenvalue weighted by Crippen LogP contribution is -2.20. The van der Waals surface area contributed by atoms with Crippen LogP contribution in [0.25, 0.3) is 10.9 Å². The molecule has 2 aromatic carbocycles. The highest BCUT2D eigenvalue weighted by atomic mass is 79.9. The molecule has 0 aliphatic rings. The molecule has 1 amide bonds. The van der Waals surface area contributed by atoms with Gasteiger partial charge >= 0.3 is 0 Å². The number of fused-ring (bicyclic) bond motifs is 1. The second kappa shape index (κ2) is 7.21. The molecule has 0 aliphatic heterocycles. The van der Waals surface area contributed by atoms with Gasteiger partial charge in [-0.3, -0.25) is 4.79 Å². The minimum atomic E-state index is -0.510. The summed E-state index contributed by atoms with van der Waals surface area (Å²) in [6, 6.07) is 12.9. The van der Waals surface area contributed by atoms with Gasteiger partial charge in [0.15, 0.2) is 0 Å². The number of halogens is 1. The van der Waals surface area contributed by atoms with Gasteiger partial charge in [0.25, 0.3) is 5.91 Å². The summed E-state index contributed by atoms with van der Waals surface area (Å²) in [5.74, 6) is -0.252. The predicted molar refractivity (Wildman–Crippen MR) is 105 cm³/mol. The van der Waals surface area contributed by atoms with Crippen molar-refractivity contribution in [1.29, 1.82) is 0 Å². The number of aromatic nitrogens is 1. The molecule has 0 bridgehead atoms. The van der Waals surface area contributed by atoms with E-state index in [1.54, 1.807) is 0 Å². The Balaban J connectivity index is 1.85. The molecule has 0 aliphatic carbocycles. The first-order valence-corrected chi connectivity index (χ1v) is 8.67. The van der Waals surface area contributed by atoms with Gasteiger partial charge in [-0.1, -0.05) is 18.2 Å². The summed E-state index contributed by atoms with van der Waals surface area (Å²) in [6.45, 7) is 1.82. The van der Waals surface area contributed by atoms with Gasteiger partial charge in [0.2, 0.25) is 0 Å². The van der Waals surface area contributed by atoms with Gasteiger partial charge in [0.1, 0.15) is 11.5 Å². The van der Waals surface area contributed by atoms with Crippen molar-refractivity contribution in [3.05, 3.63) is 58.2 Å². The summed E-state index contributed by atoms with van der Waals surface area (Å²) in [5, 5.41) is 15.3. The highest BCUT2D eigenvalue weighted by Crippen LogP contribution is 2.32. The first-order chi connectivity index (χ1) is 12.4. The van der Waals surface area contributed by atoms with E-state index >= 15 is 0 Å². The molecule has 1 heterocycles. The molecule has 0 spiro atoms. The van der Waals surface area contributed by atoms with E-state index < -0.39 is 5.91 Å². The Hall–Kier alpha value is -2.80. The maximum Gasteiger partial charge on any atom is 0.275 e. The molecule has 0 saturated heterocycles. The number of nitrogens with one attached hydrogen (secondary N) is 1. The molecule has 6 nitrogen and oxygen atoms in total. The van der Waals surface area contributed by atoms with Gasteiger partial charge in [0, 0.05) is 24.0 Å². The Labute approximate surface area is 159 Å². The van der Waals surface area contributed by atoms with Crippen LogP contribution in [0.3, 0.4) is 0 Å². The van der Waals surface area contributed by atoms with Crippen molar-refractivity contribution in [1.82, 2.24) is 9.99 Å². The second-order valence-corrected chi connectivity index (χ2v) is 6.64. The number of aromatic hydroxyl groups is 1. The van der Waals surface area contributed by atoms with E-state index in [1.165, 1.54) is 19.2 Å². The molecule has 134 valence electrons. The van der Waals surface area contributed by atoms with E-state index in [2.05, 4.69) is 26.5 Å². The van der Waals surface area contributed by atoms with Crippen molar-refractivity contribution in [3.63, 3.8) is 0 Å². The number of ether oxygens (including phenoxy) is 1. The summed E-state index contributed by atoms with van der Waals surface area (Å²) in [4.78, 5) is 12.4. The number of para-hydroxylation sites is 1. The number of amides is 1. The lowest BCUT2D eigenvalue weighted by Gasteiger charge is -2.09. The van der Waals surface area contributed by atoms with E-state index in [0.717, 1.165) is 16.6 Å². The third kappa shape index (κ3) is 3.30. The monoisotopic (exact) mass is 415 g/mol. The highest BCUT2D eigenvalue weighted by Gasteiger charge is 2.15. The minimum Gasteiger partial charge on any atom is -0.507 e. The molecule has 0 fully saturated rings. The number of hydrogen-bond acceptors (Lipinski definition) is 4. The van der Waals surface area contributed by atoms with Crippen LogP contribution in [0.15, 0.2) is 52.0 Å². The van der Waals surface area contributed by atoms with Crippen molar-refractivity contribution < 1.29 is 14.6 Å². The highest BCUT2D eigenvalue weighted by molar-refractivity contribution is 9.10. The lowest BCUT2D eigenvalue weighted by molar-refractivity contribution is 0.0952. The largest absolute Gasteiger partial charge is 0.507 e. The Bertz CT molecular complexity index is 1020. The molecule has 7 heteroatoms. The van der Waals surface area contributed by atoms with E-state index in [0.29, 0.717) is 15.9 Å². The van der Waals surface area contributed by atoms with E-state index in [4.69, 9.17) is 4.74 Å². The minimum absolute atomic E-state index is 0.103. The molecule has 26 heavy (non-hydrogen) atoms. The predicted octanol–water partition coefficient (Wildman–Crippen LogP) is 3.81. The molecule has 1 aromatic heterocycles. The smallest absolute Gasteiger partial charge is 0.275 e. The third-order valence-corrected chi connectivity index (χ3v) is 4.78. The van der Waals surface area contributed by atoms with Crippen molar-refractivity contribution in [2.75, 3.05) is 7.11 Å².